The normalized spacial score (nSPS) is 11.0. The van der Waals surface area contributed by atoms with E-state index in [1.807, 2.05) is 65.7 Å². The first-order valence-electron chi connectivity index (χ1n) is 5.83. The summed E-state index contributed by atoms with van der Waals surface area (Å²) in [6.07, 6.45) is 3.79. The number of nitrogens with one attached hydrogen (secondary N) is 1. The van der Waals surface area contributed by atoms with Crippen molar-refractivity contribution in [2.75, 3.05) is 0 Å². The highest BCUT2D eigenvalue weighted by molar-refractivity contribution is 5.62. The number of aryl methyl sites for hydroxylation is 2. The SMILES string of the molecule is Cc1c(-c2ccccc2)[nH]c(=O)c2n1cc[n+]2C. The van der Waals surface area contributed by atoms with Gasteiger partial charge >= 0.3 is 11.2 Å². The van der Waals surface area contributed by atoms with Gasteiger partial charge in [-0.2, -0.15) is 4.40 Å². The number of aromatic amines is 1. The van der Waals surface area contributed by atoms with Gasteiger partial charge in [-0.3, -0.25) is 4.79 Å². The van der Waals surface area contributed by atoms with Crippen molar-refractivity contribution in [2.45, 2.75) is 6.92 Å². The Hall–Kier alpha value is -2.36. The van der Waals surface area contributed by atoms with Gasteiger partial charge in [0.15, 0.2) is 0 Å². The van der Waals surface area contributed by atoms with Crippen LogP contribution in [0.2, 0.25) is 0 Å². The lowest BCUT2D eigenvalue weighted by molar-refractivity contribution is -0.645. The van der Waals surface area contributed by atoms with Crippen LogP contribution >= 0.6 is 0 Å². The molecule has 3 rings (SSSR count). The van der Waals surface area contributed by atoms with Gasteiger partial charge < -0.3 is 4.98 Å². The Kier molecular flexibility index (Phi) is 2.30. The number of fused-ring (bicyclic) bond motifs is 1. The summed E-state index contributed by atoms with van der Waals surface area (Å²) in [6.45, 7) is 2.01. The van der Waals surface area contributed by atoms with E-state index in [-0.39, 0.29) is 5.56 Å². The van der Waals surface area contributed by atoms with E-state index in [4.69, 9.17) is 0 Å². The Morgan fingerprint density at radius 1 is 1.22 bits per heavy atom. The van der Waals surface area contributed by atoms with Crippen LogP contribution in [0.25, 0.3) is 16.9 Å². The maximum atomic E-state index is 12.1. The van der Waals surface area contributed by atoms with E-state index in [1.54, 1.807) is 0 Å². The molecule has 18 heavy (non-hydrogen) atoms. The molecule has 0 saturated heterocycles. The molecule has 0 amide bonds. The number of aromatic nitrogens is 3. The fourth-order valence-electron chi connectivity index (χ4n) is 2.28. The summed E-state index contributed by atoms with van der Waals surface area (Å²) in [5, 5.41) is 0. The average molecular weight is 240 g/mol. The highest BCUT2D eigenvalue weighted by Crippen LogP contribution is 2.19. The van der Waals surface area contributed by atoms with Crippen LogP contribution in [0.5, 0.6) is 0 Å². The standard InChI is InChI=1S/C14H13N3O/c1-10-12(11-6-4-3-5-7-11)15-13(18)14-16(2)8-9-17(10)14/h3-9H,1-2H3/p+1. The molecule has 4 heteroatoms. The number of hydrogen-bond acceptors (Lipinski definition) is 1. The summed E-state index contributed by atoms with van der Waals surface area (Å²) in [6, 6.07) is 9.88. The van der Waals surface area contributed by atoms with E-state index in [2.05, 4.69) is 4.98 Å². The fraction of sp³-hybridized carbons (Fsp3) is 0.143. The molecule has 3 aromatic rings. The van der Waals surface area contributed by atoms with E-state index >= 15 is 0 Å². The van der Waals surface area contributed by atoms with Gasteiger partial charge in [0.25, 0.3) is 0 Å². The molecule has 1 aromatic carbocycles. The molecule has 0 aliphatic heterocycles. The number of imidazole rings is 1. The predicted octanol–water partition coefficient (Wildman–Crippen LogP) is 1.43. The molecule has 0 spiro atoms. The lowest BCUT2D eigenvalue weighted by Crippen LogP contribution is -2.33. The average Bonchev–Trinajstić information content (AvgIpc) is 2.78. The zero-order chi connectivity index (χ0) is 12.7. The van der Waals surface area contributed by atoms with E-state index < -0.39 is 0 Å². The molecular formula is C14H14N3O+. The van der Waals surface area contributed by atoms with E-state index in [0.29, 0.717) is 5.65 Å². The maximum Gasteiger partial charge on any atom is 0.352 e. The molecule has 0 fully saturated rings. The fourth-order valence-corrected chi connectivity index (χ4v) is 2.28. The summed E-state index contributed by atoms with van der Waals surface area (Å²) in [4.78, 5) is 15.1. The second-order valence-electron chi connectivity index (χ2n) is 4.38. The Morgan fingerprint density at radius 2 is 1.94 bits per heavy atom. The van der Waals surface area contributed by atoms with Crippen molar-refractivity contribution in [2.24, 2.45) is 7.05 Å². The van der Waals surface area contributed by atoms with Crippen LogP contribution in [-0.4, -0.2) is 9.38 Å². The molecule has 0 saturated carbocycles. The topological polar surface area (TPSA) is 41.1 Å². The maximum absolute atomic E-state index is 12.1. The van der Waals surface area contributed by atoms with Crippen LogP contribution < -0.4 is 10.1 Å². The monoisotopic (exact) mass is 240 g/mol. The van der Waals surface area contributed by atoms with Crippen molar-refractivity contribution in [1.82, 2.24) is 9.38 Å². The molecule has 4 nitrogen and oxygen atoms in total. The third-order valence-corrected chi connectivity index (χ3v) is 3.23. The van der Waals surface area contributed by atoms with Crippen molar-refractivity contribution in [3.8, 4) is 11.3 Å². The van der Waals surface area contributed by atoms with Crippen LogP contribution in [0.3, 0.4) is 0 Å². The van der Waals surface area contributed by atoms with Crippen molar-refractivity contribution >= 4 is 5.65 Å². The minimum Gasteiger partial charge on any atom is -0.312 e. The molecule has 0 aliphatic carbocycles. The van der Waals surface area contributed by atoms with Gasteiger partial charge in [0.1, 0.15) is 18.1 Å². The van der Waals surface area contributed by atoms with Crippen LogP contribution in [0, 0.1) is 6.92 Å². The molecule has 1 N–H and O–H groups in total. The van der Waals surface area contributed by atoms with Gasteiger partial charge in [0, 0.05) is 12.5 Å². The lowest BCUT2D eigenvalue weighted by atomic mass is 10.1. The third-order valence-electron chi connectivity index (χ3n) is 3.23. The quantitative estimate of drug-likeness (QED) is 0.642. The Bertz CT molecular complexity index is 769. The van der Waals surface area contributed by atoms with Crippen LogP contribution in [-0.2, 0) is 7.05 Å². The summed E-state index contributed by atoms with van der Waals surface area (Å²) < 4.78 is 3.74. The molecular weight excluding hydrogens is 226 g/mol. The molecule has 90 valence electrons. The van der Waals surface area contributed by atoms with E-state index in [0.717, 1.165) is 17.0 Å². The van der Waals surface area contributed by atoms with Crippen molar-refractivity contribution in [3.63, 3.8) is 0 Å². The molecule has 2 heterocycles. The number of nitrogens with zero attached hydrogens (tertiary/aromatic N) is 2. The molecule has 0 atom stereocenters. The Balaban J connectivity index is 2.40. The van der Waals surface area contributed by atoms with Crippen LogP contribution in [0.15, 0.2) is 47.5 Å². The molecule has 0 radical (unpaired) electrons. The number of hydrogen-bond donors (Lipinski definition) is 1. The van der Waals surface area contributed by atoms with Gasteiger partial charge in [-0.15, -0.1) is 0 Å². The number of benzene rings is 1. The Labute approximate surface area is 104 Å². The van der Waals surface area contributed by atoms with Crippen molar-refractivity contribution in [1.29, 1.82) is 0 Å². The first-order chi connectivity index (χ1) is 8.68. The minimum atomic E-state index is -0.0769. The second-order valence-corrected chi connectivity index (χ2v) is 4.38. The van der Waals surface area contributed by atoms with Gasteiger partial charge in [0.2, 0.25) is 0 Å². The number of H-pyrrole nitrogens is 1. The molecule has 2 aromatic heterocycles. The molecule has 0 unspecified atom stereocenters. The Morgan fingerprint density at radius 3 is 2.67 bits per heavy atom. The predicted molar refractivity (Wildman–Crippen MR) is 69.4 cm³/mol. The van der Waals surface area contributed by atoms with Gasteiger partial charge in [-0.25, -0.2) is 4.57 Å². The summed E-state index contributed by atoms with van der Waals surface area (Å²) in [5.41, 5.74) is 3.48. The van der Waals surface area contributed by atoms with Gasteiger partial charge in [-0.05, 0) is 0 Å². The van der Waals surface area contributed by atoms with Crippen LogP contribution in [0.1, 0.15) is 5.69 Å². The van der Waals surface area contributed by atoms with Crippen LogP contribution in [0.4, 0.5) is 0 Å². The molecule has 0 aliphatic rings. The van der Waals surface area contributed by atoms with E-state index in [9.17, 15) is 4.79 Å². The third kappa shape index (κ3) is 1.46. The first-order valence-corrected chi connectivity index (χ1v) is 5.83. The minimum absolute atomic E-state index is 0.0769. The van der Waals surface area contributed by atoms with E-state index in [1.165, 1.54) is 0 Å². The van der Waals surface area contributed by atoms with Gasteiger partial charge in [0.05, 0.1) is 12.7 Å². The summed E-state index contributed by atoms with van der Waals surface area (Å²) >= 11 is 0. The number of rotatable bonds is 1. The molecule has 0 bridgehead atoms. The smallest absolute Gasteiger partial charge is 0.312 e. The van der Waals surface area contributed by atoms with Crippen molar-refractivity contribution in [3.05, 3.63) is 58.8 Å². The summed E-state index contributed by atoms with van der Waals surface area (Å²) in [7, 11) is 1.87. The van der Waals surface area contributed by atoms with Crippen molar-refractivity contribution < 1.29 is 4.57 Å². The second kappa shape index (κ2) is 3.84. The highest BCUT2D eigenvalue weighted by atomic mass is 16.1. The first kappa shape index (κ1) is 10.8. The van der Waals surface area contributed by atoms with Gasteiger partial charge in [-0.1, -0.05) is 30.3 Å². The highest BCUT2D eigenvalue weighted by Gasteiger charge is 2.17. The lowest BCUT2D eigenvalue weighted by Gasteiger charge is -2.04. The zero-order valence-electron chi connectivity index (χ0n) is 10.3. The largest absolute Gasteiger partial charge is 0.352 e. The summed E-state index contributed by atoms with van der Waals surface area (Å²) in [5.74, 6) is 0. The zero-order valence-corrected chi connectivity index (χ0v) is 10.3.